The number of nitrogens with two attached hydrogens (primary N) is 2. The highest BCUT2D eigenvalue weighted by atomic mass is 35.5. The number of piperazine rings is 1. The molecule has 4 nitrogen and oxygen atoms in total. The maximum atomic E-state index is 14.2. The Balaban J connectivity index is 2.37. The number of nitrogen functional groups attached to an aromatic ring is 2. The highest BCUT2D eigenvalue weighted by molar-refractivity contribution is 6.33. The van der Waals surface area contributed by atoms with Gasteiger partial charge in [0.15, 0.2) is 5.82 Å². The molecule has 4 N–H and O–H groups in total. The normalized spacial score (nSPS) is 21.3. The van der Waals surface area contributed by atoms with Crippen molar-refractivity contribution in [2.24, 2.45) is 0 Å². The Labute approximate surface area is 111 Å². The summed E-state index contributed by atoms with van der Waals surface area (Å²) in [6.45, 7) is 4.40. The Hall–Kier alpha value is -1.20. The lowest BCUT2D eigenvalue weighted by Crippen LogP contribution is -2.50. The van der Waals surface area contributed by atoms with Gasteiger partial charge in [-0.3, -0.25) is 0 Å². The van der Waals surface area contributed by atoms with E-state index >= 15 is 0 Å². The standard InChI is InChI=1S/C12H18ClFN4/c1-7-6-18(4-3-17(7)2)12-9(16)5-8(15)10(13)11(12)14/h5,7H,3-4,6,15-16H2,1-2H3. The van der Waals surface area contributed by atoms with E-state index in [1.807, 2.05) is 4.90 Å². The molecule has 1 saturated heterocycles. The van der Waals surface area contributed by atoms with Crippen LogP contribution >= 0.6 is 11.6 Å². The lowest BCUT2D eigenvalue weighted by Gasteiger charge is -2.39. The molecule has 2 rings (SSSR count). The molecular weight excluding hydrogens is 255 g/mol. The van der Waals surface area contributed by atoms with Crippen molar-refractivity contribution in [2.45, 2.75) is 13.0 Å². The number of hydrogen-bond donors (Lipinski definition) is 2. The number of halogens is 2. The Morgan fingerprint density at radius 2 is 2.00 bits per heavy atom. The molecule has 100 valence electrons. The molecule has 0 aromatic heterocycles. The Bertz CT molecular complexity index is 466. The van der Waals surface area contributed by atoms with E-state index in [2.05, 4.69) is 18.9 Å². The minimum Gasteiger partial charge on any atom is -0.397 e. The highest BCUT2D eigenvalue weighted by Gasteiger charge is 2.26. The van der Waals surface area contributed by atoms with Gasteiger partial charge in [-0.2, -0.15) is 0 Å². The number of anilines is 3. The van der Waals surface area contributed by atoms with Crippen LogP contribution in [0.5, 0.6) is 0 Å². The van der Waals surface area contributed by atoms with Crippen molar-refractivity contribution in [1.82, 2.24) is 4.90 Å². The van der Waals surface area contributed by atoms with Crippen LogP contribution in [-0.2, 0) is 0 Å². The van der Waals surface area contributed by atoms with Gasteiger partial charge in [0.25, 0.3) is 0 Å². The lowest BCUT2D eigenvalue weighted by molar-refractivity contribution is 0.233. The number of likely N-dealkylation sites (N-methyl/N-ethyl adjacent to an activating group) is 1. The summed E-state index contributed by atoms with van der Waals surface area (Å²) < 4.78 is 14.2. The van der Waals surface area contributed by atoms with Crippen LogP contribution in [-0.4, -0.2) is 37.6 Å². The van der Waals surface area contributed by atoms with Crippen molar-refractivity contribution in [3.8, 4) is 0 Å². The van der Waals surface area contributed by atoms with Gasteiger partial charge >= 0.3 is 0 Å². The molecule has 1 heterocycles. The van der Waals surface area contributed by atoms with Crippen molar-refractivity contribution in [3.05, 3.63) is 16.9 Å². The van der Waals surface area contributed by atoms with Crippen LogP contribution in [0.25, 0.3) is 0 Å². The van der Waals surface area contributed by atoms with Gasteiger partial charge in [-0.25, -0.2) is 4.39 Å². The maximum Gasteiger partial charge on any atom is 0.169 e. The van der Waals surface area contributed by atoms with E-state index in [0.717, 1.165) is 19.6 Å². The van der Waals surface area contributed by atoms with Crippen LogP contribution in [0.4, 0.5) is 21.5 Å². The Morgan fingerprint density at radius 3 is 2.61 bits per heavy atom. The van der Waals surface area contributed by atoms with E-state index in [4.69, 9.17) is 23.1 Å². The summed E-state index contributed by atoms with van der Waals surface area (Å²) in [4.78, 5) is 4.16. The molecule has 1 aliphatic rings. The lowest BCUT2D eigenvalue weighted by atomic mass is 10.1. The summed E-state index contributed by atoms with van der Waals surface area (Å²) in [5.74, 6) is -0.522. The van der Waals surface area contributed by atoms with Crippen LogP contribution in [0.2, 0.25) is 5.02 Å². The summed E-state index contributed by atoms with van der Waals surface area (Å²) in [6, 6.07) is 1.86. The predicted octanol–water partition coefficient (Wildman–Crippen LogP) is 1.78. The van der Waals surface area contributed by atoms with Crippen molar-refractivity contribution in [3.63, 3.8) is 0 Å². The van der Waals surface area contributed by atoms with Gasteiger partial charge in [0.05, 0.1) is 17.1 Å². The summed E-state index contributed by atoms with van der Waals surface area (Å²) in [5.41, 5.74) is 12.3. The first-order valence-corrected chi connectivity index (χ1v) is 6.27. The summed E-state index contributed by atoms with van der Waals surface area (Å²) in [6.07, 6.45) is 0. The highest BCUT2D eigenvalue weighted by Crippen LogP contribution is 2.36. The van der Waals surface area contributed by atoms with Crippen molar-refractivity contribution >= 4 is 28.7 Å². The van der Waals surface area contributed by atoms with Gasteiger partial charge < -0.3 is 21.3 Å². The zero-order valence-corrected chi connectivity index (χ0v) is 11.3. The molecule has 18 heavy (non-hydrogen) atoms. The van der Waals surface area contributed by atoms with E-state index in [1.54, 1.807) is 0 Å². The SMILES string of the molecule is CC1CN(c2c(N)cc(N)c(Cl)c2F)CCN1C. The second kappa shape index (κ2) is 4.82. The second-order valence-electron chi connectivity index (χ2n) is 4.81. The van der Waals surface area contributed by atoms with Crippen LogP contribution in [0.1, 0.15) is 6.92 Å². The second-order valence-corrected chi connectivity index (χ2v) is 5.19. The molecule has 1 aromatic carbocycles. The molecule has 0 aliphatic carbocycles. The average molecular weight is 273 g/mol. The fraction of sp³-hybridized carbons (Fsp3) is 0.500. The smallest absolute Gasteiger partial charge is 0.169 e. The summed E-state index contributed by atoms with van der Waals surface area (Å²) in [5, 5.41) is -0.0502. The third-order valence-electron chi connectivity index (χ3n) is 3.51. The van der Waals surface area contributed by atoms with E-state index in [0.29, 0.717) is 17.4 Å². The molecule has 1 aromatic rings. The zero-order valence-electron chi connectivity index (χ0n) is 10.6. The monoisotopic (exact) mass is 272 g/mol. The van der Waals surface area contributed by atoms with E-state index < -0.39 is 5.82 Å². The molecular formula is C12H18ClFN4. The topological polar surface area (TPSA) is 58.5 Å². The van der Waals surface area contributed by atoms with Gasteiger partial charge in [-0.05, 0) is 20.0 Å². The number of benzene rings is 1. The van der Waals surface area contributed by atoms with Gasteiger partial charge in [0.2, 0.25) is 0 Å². The van der Waals surface area contributed by atoms with Crippen LogP contribution < -0.4 is 16.4 Å². The van der Waals surface area contributed by atoms with Gasteiger partial charge in [0, 0.05) is 25.7 Å². The van der Waals surface area contributed by atoms with Gasteiger partial charge in [0.1, 0.15) is 5.02 Å². The summed E-state index contributed by atoms with van der Waals surface area (Å²) >= 11 is 5.85. The minimum atomic E-state index is -0.522. The van der Waals surface area contributed by atoms with Crippen molar-refractivity contribution in [1.29, 1.82) is 0 Å². The van der Waals surface area contributed by atoms with E-state index in [9.17, 15) is 4.39 Å². The average Bonchev–Trinajstić information content (AvgIpc) is 2.31. The van der Waals surface area contributed by atoms with Gasteiger partial charge in [-0.15, -0.1) is 0 Å². The third-order valence-corrected chi connectivity index (χ3v) is 3.90. The molecule has 0 saturated carbocycles. The van der Waals surface area contributed by atoms with Crippen LogP contribution in [0.3, 0.4) is 0 Å². The van der Waals surface area contributed by atoms with Crippen LogP contribution in [0.15, 0.2) is 6.07 Å². The quantitative estimate of drug-likeness (QED) is 0.765. The van der Waals surface area contributed by atoms with E-state index in [1.165, 1.54) is 6.07 Å². The Morgan fingerprint density at radius 1 is 1.33 bits per heavy atom. The molecule has 0 spiro atoms. The molecule has 1 unspecified atom stereocenters. The molecule has 0 amide bonds. The molecule has 1 atom stereocenters. The molecule has 6 heteroatoms. The fourth-order valence-corrected chi connectivity index (χ4v) is 2.37. The first-order chi connectivity index (χ1) is 8.41. The first kappa shape index (κ1) is 13.2. The number of nitrogens with zero attached hydrogens (tertiary/aromatic N) is 2. The van der Waals surface area contributed by atoms with Crippen molar-refractivity contribution in [2.75, 3.05) is 43.0 Å². The molecule has 0 bridgehead atoms. The Kier molecular flexibility index (Phi) is 3.54. The fourth-order valence-electron chi connectivity index (χ4n) is 2.23. The summed E-state index contributed by atoms with van der Waals surface area (Å²) in [7, 11) is 2.05. The van der Waals surface area contributed by atoms with E-state index in [-0.39, 0.29) is 10.7 Å². The molecule has 1 aliphatic heterocycles. The number of rotatable bonds is 1. The predicted molar refractivity (Wildman–Crippen MR) is 74.5 cm³/mol. The zero-order chi connectivity index (χ0) is 13.4. The maximum absolute atomic E-state index is 14.2. The largest absolute Gasteiger partial charge is 0.397 e. The van der Waals surface area contributed by atoms with Gasteiger partial charge in [-0.1, -0.05) is 11.6 Å². The third kappa shape index (κ3) is 2.20. The number of hydrogen-bond acceptors (Lipinski definition) is 4. The van der Waals surface area contributed by atoms with Crippen molar-refractivity contribution < 1.29 is 4.39 Å². The first-order valence-electron chi connectivity index (χ1n) is 5.90. The molecule has 1 fully saturated rings. The minimum absolute atomic E-state index is 0.0502. The molecule has 0 radical (unpaired) electrons. The van der Waals surface area contributed by atoms with Crippen LogP contribution in [0, 0.1) is 5.82 Å².